The van der Waals surface area contributed by atoms with Crippen LogP contribution < -0.4 is 15.1 Å². The number of anilines is 1. The average Bonchev–Trinajstić information content (AvgIpc) is 3.35. The van der Waals surface area contributed by atoms with Crippen LogP contribution in [0.3, 0.4) is 0 Å². The maximum Gasteiger partial charge on any atom is 0.274 e. The van der Waals surface area contributed by atoms with Gasteiger partial charge >= 0.3 is 0 Å². The summed E-state index contributed by atoms with van der Waals surface area (Å²) in [4.78, 5) is 25.5. The van der Waals surface area contributed by atoms with Crippen molar-refractivity contribution in [2.75, 3.05) is 11.5 Å². The van der Waals surface area contributed by atoms with Gasteiger partial charge in [0.2, 0.25) is 0 Å². The predicted molar refractivity (Wildman–Crippen MR) is 82.9 cm³/mol. The van der Waals surface area contributed by atoms with E-state index in [1.807, 2.05) is 10.9 Å². The number of hydrogen-bond donors (Lipinski definition) is 2. The molecule has 24 heavy (non-hydrogen) atoms. The van der Waals surface area contributed by atoms with Gasteiger partial charge in [0.05, 0.1) is 24.5 Å². The van der Waals surface area contributed by atoms with E-state index in [1.54, 1.807) is 22.6 Å². The predicted octanol–water partition coefficient (Wildman–Crippen LogP) is 1.26. The number of aromatic nitrogens is 2. The highest BCUT2D eigenvalue weighted by Crippen LogP contribution is 2.36. The molecule has 1 aliphatic carbocycles. The highest BCUT2D eigenvalue weighted by atomic mass is 16.5. The van der Waals surface area contributed by atoms with Crippen molar-refractivity contribution in [2.24, 2.45) is 0 Å². The van der Waals surface area contributed by atoms with Gasteiger partial charge < -0.3 is 9.64 Å². The van der Waals surface area contributed by atoms with E-state index in [-0.39, 0.29) is 18.1 Å². The molecule has 0 saturated heterocycles. The van der Waals surface area contributed by atoms with Crippen molar-refractivity contribution in [3.8, 4) is 5.75 Å². The maximum atomic E-state index is 12.3. The van der Waals surface area contributed by atoms with Crippen LogP contribution in [0, 0.1) is 0 Å². The Labute approximate surface area is 137 Å². The van der Waals surface area contributed by atoms with Gasteiger partial charge in [0.25, 0.3) is 11.8 Å². The van der Waals surface area contributed by atoms with Gasteiger partial charge in [-0.15, -0.1) is 0 Å². The summed E-state index contributed by atoms with van der Waals surface area (Å²) < 4.78 is 7.35. The monoisotopic (exact) mass is 328 g/mol. The third kappa shape index (κ3) is 2.61. The summed E-state index contributed by atoms with van der Waals surface area (Å²) >= 11 is 0. The van der Waals surface area contributed by atoms with E-state index in [2.05, 4.69) is 5.10 Å². The smallest absolute Gasteiger partial charge is 0.274 e. The topological polar surface area (TPSA) is 96.7 Å². The highest BCUT2D eigenvalue weighted by Gasteiger charge is 2.28. The number of carbonyl (C=O) groups is 2. The lowest BCUT2D eigenvalue weighted by atomic mass is 10.1. The van der Waals surface area contributed by atoms with Crippen LogP contribution in [-0.4, -0.2) is 33.4 Å². The largest absolute Gasteiger partial charge is 0.482 e. The van der Waals surface area contributed by atoms with Crippen LogP contribution in [0.1, 0.15) is 34.8 Å². The molecule has 2 aromatic rings. The molecule has 4 rings (SSSR count). The Bertz CT molecular complexity index is 812. The Hall–Kier alpha value is -2.87. The Kier molecular flexibility index (Phi) is 3.46. The molecule has 1 aromatic heterocycles. The van der Waals surface area contributed by atoms with E-state index in [4.69, 9.17) is 9.94 Å². The first-order valence-electron chi connectivity index (χ1n) is 7.70. The van der Waals surface area contributed by atoms with Crippen molar-refractivity contribution in [1.29, 1.82) is 0 Å². The molecule has 1 aromatic carbocycles. The second kappa shape index (κ2) is 5.64. The van der Waals surface area contributed by atoms with E-state index >= 15 is 0 Å². The number of nitrogens with zero attached hydrogens (tertiary/aromatic N) is 3. The first kappa shape index (κ1) is 14.7. The quantitative estimate of drug-likeness (QED) is 0.651. The number of ether oxygens (including phenoxy) is 1. The van der Waals surface area contributed by atoms with Crippen molar-refractivity contribution in [2.45, 2.75) is 25.4 Å². The number of carbonyl (C=O) groups excluding carboxylic acids is 2. The molecule has 2 heterocycles. The van der Waals surface area contributed by atoms with Crippen LogP contribution in [0.15, 0.2) is 30.6 Å². The zero-order chi connectivity index (χ0) is 16.7. The number of fused-ring (bicyclic) bond motifs is 1. The van der Waals surface area contributed by atoms with Crippen LogP contribution in [0.25, 0.3) is 0 Å². The minimum Gasteiger partial charge on any atom is -0.482 e. The van der Waals surface area contributed by atoms with Gasteiger partial charge in [-0.25, -0.2) is 5.48 Å². The number of benzene rings is 1. The molecule has 8 heteroatoms. The molecule has 124 valence electrons. The molecule has 8 nitrogen and oxygen atoms in total. The van der Waals surface area contributed by atoms with Crippen molar-refractivity contribution in [1.82, 2.24) is 15.3 Å². The van der Waals surface area contributed by atoms with Gasteiger partial charge in [0, 0.05) is 17.3 Å². The fourth-order valence-corrected chi connectivity index (χ4v) is 2.76. The summed E-state index contributed by atoms with van der Waals surface area (Å²) in [5.41, 5.74) is 3.26. The number of hydrogen-bond acceptors (Lipinski definition) is 5. The summed E-state index contributed by atoms with van der Waals surface area (Å²) in [5.74, 6) is -0.306. The minimum absolute atomic E-state index is 0.0463. The van der Waals surface area contributed by atoms with E-state index in [9.17, 15) is 9.59 Å². The molecular weight excluding hydrogens is 312 g/mol. The van der Waals surface area contributed by atoms with Crippen LogP contribution in [0.4, 0.5) is 5.69 Å². The summed E-state index contributed by atoms with van der Waals surface area (Å²) in [6.45, 7) is 0.307. The van der Waals surface area contributed by atoms with E-state index in [0.29, 0.717) is 24.0 Å². The second-order valence-electron chi connectivity index (χ2n) is 5.95. The second-order valence-corrected chi connectivity index (χ2v) is 5.95. The molecule has 0 bridgehead atoms. The van der Waals surface area contributed by atoms with Crippen molar-refractivity contribution in [3.63, 3.8) is 0 Å². The molecule has 2 amide bonds. The van der Waals surface area contributed by atoms with Gasteiger partial charge in [0.1, 0.15) is 5.75 Å². The summed E-state index contributed by atoms with van der Waals surface area (Å²) in [6, 6.07) is 5.16. The molecule has 0 radical (unpaired) electrons. The highest BCUT2D eigenvalue weighted by molar-refractivity contribution is 6.00. The number of rotatable bonds is 4. The van der Waals surface area contributed by atoms with Crippen molar-refractivity contribution >= 4 is 17.5 Å². The van der Waals surface area contributed by atoms with E-state index < -0.39 is 5.91 Å². The molecule has 2 N–H and O–H groups in total. The summed E-state index contributed by atoms with van der Waals surface area (Å²) in [7, 11) is 0. The third-order valence-corrected chi connectivity index (χ3v) is 4.18. The van der Waals surface area contributed by atoms with Crippen LogP contribution in [0.2, 0.25) is 0 Å². The number of amides is 2. The van der Waals surface area contributed by atoms with Gasteiger partial charge in [-0.1, -0.05) is 0 Å². The molecule has 1 aliphatic heterocycles. The molecule has 1 fully saturated rings. The Morgan fingerprint density at radius 1 is 1.42 bits per heavy atom. The lowest BCUT2D eigenvalue weighted by Crippen LogP contribution is -2.38. The first-order chi connectivity index (χ1) is 11.7. The molecule has 0 spiro atoms. The van der Waals surface area contributed by atoms with Gasteiger partial charge in [-0.3, -0.25) is 19.5 Å². The summed E-state index contributed by atoms with van der Waals surface area (Å²) in [5, 5.41) is 13.1. The van der Waals surface area contributed by atoms with Crippen LogP contribution in [0.5, 0.6) is 5.75 Å². The third-order valence-electron chi connectivity index (χ3n) is 4.18. The lowest BCUT2D eigenvalue weighted by molar-refractivity contribution is -0.121. The molecule has 2 aliphatic rings. The first-order valence-corrected chi connectivity index (χ1v) is 7.70. The van der Waals surface area contributed by atoms with E-state index in [0.717, 1.165) is 18.4 Å². The standard InChI is InChI=1S/C16H16N4O4/c21-15-9-24-14-4-1-11(16(22)18-23)5-13(14)19(15)7-10-6-17-20(8-10)12-2-3-12/h1,4-6,8,12,23H,2-3,7,9H2,(H,18,22). The van der Waals surface area contributed by atoms with Crippen LogP contribution in [-0.2, 0) is 11.3 Å². The molecule has 1 saturated carbocycles. The Morgan fingerprint density at radius 2 is 2.25 bits per heavy atom. The van der Waals surface area contributed by atoms with Crippen molar-refractivity contribution in [3.05, 3.63) is 41.7 Å². The summed E-state index contributed by atoms with van der Waals surface area (Å²) in [6.07, 6.45) is 5.98. The van der Waals surface area contributed by atoms with Gasteiger partial charge in [-0.2, -0.15) is 5.10 Å². The fourth-order valence-electron chi connectivity index (χ4n) is 2.76. The van der Waals surface area contributed by atoms with Gasteiger partial charge in [0.15, 0.2) is 6.61 Å². The van der Waals surface area contributed by atoms with Crippen molar-refractivity contribution < 1.29 is 19.5 Å². The maximum absolute atomic E-state index is 12.3. The Balaban J connectivity index is 1.64. The fraction of sp³-hybridized carbons (Fsp3) is 0.312. The van der Waals surface area contributed by atoms with Gasteiger partial charge in [-0.05, 0) is 31.0 Å². The molecule has 0 atom stereocenters. The lowest BCUT2D eigenvalue weighted by Gasteiger charge is -2.29. The molecule has 0 unspecified atom stereocenters. The zero-order valence-corrected chi connectivity index (χ0v) is 12.8. The molecular formula is C16H16N4O4. The number of nitrogens with one attached hydrogen (secondary N) is 1. The zero-order valence-electron chi connectivity index (χ0n) is 12.8. The van der Waals surface area contributed by atoms with Crippen LogP contribution >= 0.6 is 0 Å². The average molecular weight is 328 g/mol. The number of hydroxylamine groups is 1. The van der Waals surface area contributed by atoms with E-state index in [1.165, 1.54) is 12.1 Å². The SMILES string of the molecule is O=C(NO)c1ccc2c(c1)N(Cc1cnn(C3CC3)c1)C(=O)CO2. The Morgan fingerprint density at radius 3 is 3.00 bits per heavy atom. The normalized spacial score (nSPS) is 16.5. The minimum atomic E-state index is -0.641.